The number of nitrogens with zero attached hydrogens (tertiary/aromatic N) is 2. The van der Waals surface area contributed by atoms with E-state index in [0.717, 1.165) is 10.5 Å². The average molecular weight is 444 g/mol. The van der Waals surface area contributed by atoms with E-state index >= 15 is 0 Å². The fourth-order valence-electron chi connectivity index (χ4n) is 3.08. The Bertz CT molecular complexity index is 1160. The van der Waals surface area contributed by atoms with Gasteiger partial charge in [0.15, 0.2) is 0 Å². The molecule has 1 saturated heterocycles. The summed E-state index contributed by atoms with van der Waals surface area (Å²) in [7, 11) is 0. The molecule has 2 aromatic heterocycles. The Morgan fingerprint density at radius 1 is 1.03 bits per heavy atom. The minimum absolute atomic E-state index is 0.0797. The molecule has 0 saturated carbocycles. The number of furan rings is 1. The molecule has 3 heterocycles. The molecule has 1 aliphatic heterocycles. The van der Waals surface area contributed by atoms with E-state index in [0.29, 0.717) is 28.0 Å². The number of imide groups is 2. The van der Waals surface area contributed by atoms with Crippen LogP contribution in [0.3, 0.4) is 0 Å². The van der Waals surface area contributed by atoms with Crippen molar-refractivity contribution in [2.24, 2.45) is 0 Å². The third-order valence-electron chi connectivity index (χ3n) is 4.59. The molecule has 152 valence electrons. The third kappa shape index (κ3) is 4.03. The maximum absolute atomic E-state index is 12.8. The number of benzene rings is 1. The highest BCUT2D eigenvalue weighted by atomic mass is 35.5. The molecule has 1 aliphatic rings. The van der Waals surface area contributed by atoms with Crippen LogP contribution in [0.15, 0.2) is 64.9 Å². The van der Waals surface area contributed by atoms with E-state index in [1.165, 1.54) is 12.3 Å². The zero-order valence-electron chi connectivity index (χ0n) is 15.5. The lowest BCUT2D eigenvalue weighted by Crippen LogP contribution is -2.53. The van der Waals surface area contributed by atoms with Gasteiger partial charge in [-0.05, 0) is 48.0 Å². The van der Waals surface area contributed by atoms with Gasteiger partial charge >= 0.3 is 6.03 Å². The summed E-state index contributed by atoms with van der Waals surface area (Å²) in [5.74, 6) is -1.02. The van der Waals surface area contributed by atoms with E-state index in [4.69, 9.17) is 27.6 Å². The number of hydrogen-bond acceptors (Lipinski definition) is 4. The first-order valence-corrected chi connectivity index (χ1v) is 9.68. The van der Waals surface area contributed by atoms with Gasteiger partial charge in [-0.3, -0.25) is 19.8 Å². The van der Waals surface area contributed by atoms with Crippen LogP contribution >= 0.6 is 23.2 Å². The van der Waals surface area contributed by atoms with Crippen LogP contribution in [0.4, 0.5) is 4.79 Å². The van der Waals surface area contributed by atoms with Crippen molar-refractivity contribution in [1.29, 1.82) is 0 Å². The van der Waals surface area contributed by atoms with Crippen molar-refractivity contribution in [3.8, 4) is 0 Å². The maximum atomic E-state index is 12.8. The number of urea groups is 1. The van der Waals surface area contributed by atoms with Crippen LogP contribution < -0.4 is 5.32 Å². The molecule has 0 aliphatic carbocycles. The normalized spacial score (nSPS) is 15.7. The van der Waals surface area contributed by atoms with Gasteiger partial charge in [0.05, 0.1) is 12.8 Å². The van der Waals surface area contributed by atoms with Crippen LogP contribution in [-0.2, 0) is 22.7 Å². The summed E-state index contributed by atoms with van der Waals surface area (Å²) in [6, 6.07) is 11.2. The Hall–Kier alpha value is -3.29. The quantitative estimate of drug-likeness (QED) is 0.475. The molecule has 30 heavy (non-hydrogen) atoms. The molecule has 7 nitrogen and oxygen atoms in total. The van der Waals surface area contributed by atoms with E-state index in [1.54, 1.807) is 42.6 Å². The van der Waals surface area contributed by atoms with Gasteiger partial charge in [0.2, 0.25) is 0 Å². The summed E-state index contributed by atoms with van der Waals surface area (Å²) in [6.07, 6.45) is 4.69. The average Bonchev–Trinajstić information content (AvgIpc) is 3.36. The zero-order chi connectivity index (χ0) is 21.3. The maximum Gasteiger partial charge on any atom is 0.331 e. The molecule has 3 aromatic rings. The molecular formula is C21H15Cl2N3O4. The van der Waals surface area contributed by atoms with Crippen LogP contribution in [0.25, 0.3) is 6.08 Å². The number of hydrogen-bond donors (Lipinski definition) is 1. The third-order valence-corrected chi connectivity index (χ3v) is 5.18. The van der Waals surface area contributed by atoms with Gasteiger partial charge in [0.1, 0.15) is 11.3 Å². The van der Waals surface area contributed by atoms with Crippen LogP contribution in [0, 0.1) is 0 Å². The highest BCUT2D eigenvalue weighted by Gasteiger charge is 2.36. The largest absolute Gasteiger partial charge is 0.467 e. The number of carbonyl (C=O) groups is 3. The molecule has 9 heteroatoms. The first kappa shape index (κ1) is 20.0. The molecule has 0 unspecified atom stereocenters. The predicted molar refractivity (Wildman–Crippen MR) is 111 cm³/mol. The number of aromatic nitrogens is 1. The summed E-state index contributed by atoms with van der Waals surface area (Å²) >= 11 is 12.2. The Morgan fingerprint density at radius 2 is 1.87 bits per heavy atom. The van der Waals surface area contributed by atoms with Gasteiger partial charge in [-0.25, -0.2) is 4.79 Å². The fourth-order valence-corrected chi connectivity index (χ4v) is 3.55. The minimum atomic E-state index is -0.790. The van der Waals surface area contributed by atoms with Crippen LogP contribution in [0.1, 0.15) is 17.0 Å². The van der Waals surface area contributed by atoms with Crippen molar-refractivity contribution < 1.29 is 18.8 Å². The van der Waals surface area contributed by atoms with Crippen LogP contribution in [0.2, 0.25) is 10.0 Å². The minimum Gasteiger partial charge on any atom is -0.467 e. The number of barbiturate groups is 1. The lowest BCUT2D eigenvalue weighted by atomic mass is 10.1. The van der Waals surface area contributed by atoms with Gasteiger partial charge in [-0.2, -0.15) is 0 Å². The first-order valence-electron chi connectivity index (χ1n) is 8.92. The van der Waals surface area contributed by atoms with Gasteiger partial charge in [-0.15, -0.1) is 0 Å². The first-order chi connectivity index (χ1) is 14.4. The van der Waals surface area contributed by atoms with Crippen molar-refractivity contribution >= 4 is 47.1 Å². The summed E-state index contributed by atoms with van der Waals surface area (Å²) in [5, 5.41) is 3.23. The molecule has 1 N–H and O–H groups in total. The number of nitrogens with one attached hydrogen (secondary N) is 1. The van der Waals surface area contributed by atoms with Crippen molar-refractivity contribution in [2.75, 3.05) is 0 Å². The van der Waals surface area contributed by atoms with E-state index in [1.807, 2.05) is 10.6 Å². The molecule has 4 rings (SSSR count). The second-order valence-electron chi connectivity index (χ2n) is 6.58. The molecule has 4 amide bonds. The summed E-state index contributed by atoms with van der Waals surface area (Å²) in [4.78, 5) is 38.2. The molecule has 1 fully saturated rings. The highest BCUT2D eigenvalue weighted by molar-refractivity contribution is 6.35. The van der Waals surface area contributed by atoms with E-state index in [2.05, 4.69) is 5.32 Å². The molecule has 0 atom stereocenters. The Kier molecular flexibility index (Phi) is 5.48. The van der Waals surface area contributed by atoms with E-state index < -0.39 is 17.8 Å². The number of halogens is 2. The molecule has 1 aromatic carbocycles. The molecular weight excluding hydrogens is 429 g/mol. The van der Waals surface area contributed by atoms with Crippen LogP contribution in [-0.4, -0.2) is 27.3 Å². The predicted octanol–water partition coefficient (Wildman–Crippen LogP) is 4.10. The van der Waals surface area contributed by atoms with Crippen molar-refractivity contribution in [2.45, 2.75) is 13.1 Å². The zero-order valence-corrected chi connectivity index (χ0v) is 17.0. The van der Waals surface area contributed by atoms with Gasteiger partial charge in [-0.1, -0.05) is 29.3 Å². The van der Waals surface area contributed by atoms with Gasteiger partial charge in [0.25, 0.3) is 11.8 Å². The molecule has 0 spiro atoms. The second-order valence-corrected chi connectivity index (χ2v) is 7.43. The van der Waals surface area contributed by atoms with Gasteiger partial charge in [0, 0.05) is 28.5 Å². The summed E-state index contributed by atoms with van der Waals surface area (Å²) in [5.41, 5.74) is 1.28. The number of amides is 4. The SMILES string of the molecule is O=C1NC(=O)N(Cc2ccco2)C(=O)/C1=C/c1cccn1Cc1ccc(Cl)cc1Cl. The lowest BCUT2D eigenvalue weighted by Gasteiger charge is -2.25. The Morgan fingerprint density at radius 3 is 2.60 bits per heavy atom. The lowest BCUT2D eigenvalue weighted by molar-refractivity contribution is -0.130. The van der Waals surface area contributed by atoms with E-state index in [-0.39, 0.29) is 12.1 Å². The fraction of sp³-hybridized carbons (Fsp3) is 0.0952. The van der Waals surface area contributed by atoms with Crippen molar-refractivity contribution in [1.82, 2.24) is 14.8 Å². The number of carbonyl (C=O) groups excluding carboxylic acids is 3. The Balaban J connectivity index is 1.62. The van der Waals surface area contributed by atoms with Crippen molar-refractivity contribution in [3.05, 3.63) is 87.6 Å². The van der Waals surface area contributed by atoms with E-state index in [9.17, 15) is 14.4 Å². The van der Waals surface area contributed by atoms with Crippen LogP contribution in [0.5, 0.6) is 0 Å². The second kappa shape index (κ2) is 8.22. The summed E-state index contributed by atoms with van der Waals surface area (Å²) in [6.45, 7) is 0.330. The highest BCUT2D eigenvalue weighted by Crippen LogP contribution is 2.23. The monoisotopic (exact) mass is 443 g/mol. The number of rotatable bonds is 5. The smallest absolute Gasteiger partial charge is 0.331 e. The Labute approximate surface area is 181 Å². The van der Waals surface area contributed by atoms with Gasteiger partial charge < -0.3 is 8.98 Å². The standard InChI is InChI=1S/C21H15Cl2N3O4/c22-14-6-5-13(18(23)9-14)11-25-7-1-3-15(25)10-17-19(27)24-21(29)26(20(17)28)12-16-4-2-8-30-16/h1-10H,11-12H2,(H,24,27,29)/b17-10+. The topological polar surface area (TPSA) is 84.6 Å². The van der Waals surface area contributed by atoms with Crippen molar-refractivity contribution in [3.63, 3.8) is 0 Å². The molecule has 0 bridgehead atoms. The molecule has 0 radical (unpaired) electrons. The summed E-state index contributed by atoms with van der Waals surface area (Å²) < 4.78 is 7.03.